The summed E-state index contributed by atoms with van der Waals surface area (Å²) in [6.07, 6.45) is 2.92. The average molecular weight is 247 g/mol. The Balaban J connectivity index is 2.13. The summed E-state index contributed by atoms with van der Waals surface area (Å²) in [5.41, 5.74) is 6.59. The van der Waals surface area contributed by atoms with Crippen molar-refractivity contribution in [3.63, 3.8) is 0 Å². The van der Waals surface area contributed by atoms with Crippen molar-refractivity contribution >= 4 is 17.4 Å². The highest BCUT2D eigenvalue weighted by molar-refractivity contribution is 6.07. The molecule has 0 saturated heterocycles. The summed E-state index contributed by atoms with van der Waals surface area (Å²) < 4.78 is 6.36. The molecule has 94 valence electrons. The first-order valence-electron chi connectivity index (χ1n) is 5.20. The first-order valence-corrected chi connectivity index (χ1v) is 5.20. The Kier molecular flexibility index (Phi) is 3.13. The van der Waals surface area contributed by atoms with E-state index in [2.05, 4.69) is 15.4 Å². The van der Waals surface area contributed by atoms with Gasteiger partial charge in [0, 0.05) is 13.1 Å². The summed E-state index contributed by atoms with van der Waals surface area (Å²) in [5, 5.41) is 6.57. The van der Waals surface area contributed by atoms with E-state index in [1.807, 2.05) is 0 Å². The molecule has 0 unspecified atom stereocenters. The number of pyridine rings is 1. The molecular formula is C11H13N5O2. The molecule has 0 fully saturated rings. The highest BCUT2D eigenvalue weighted by Crippen LogP contribution is 2.14. The molecule has 1 amide bonds. The van der Waals surface area contributed by atoms with Crippen LogP contribution in [0.5, 0.6) is 5.88 Å². The number of anilines is 2. The Morgan fingerprint density at radius 1 is 1.44 bits per heavy atom. The molecule has 0 atom stereocenters. The molecule has 0 aliphatic carbocycles. The van der Waals surface area contributed by atoms with Crippen LogP contribution in [0.2, 0.25) is 0 Å². The van der Waals surface area contributed by atoms with Crippen molar-refractivity contribution in [2.75, 3.05) is 18.2 Å². The molecule has 7 heteroatoms. The van der Waals surface area contributed by atoms with Crippen LogP contribution in [-0.4, -0.2) is 27.8 Å². The summed E-state index contributed by atoms with van der Waals surface area (Å²) in [6, 6.07) is 3.35. The Bertz CT molecular complexity index is 561. The Hall–Kier alpha value is -2.57. The van der Waals surface area contributed by atoms with Crippen LogP contribution in [0, 0.1) is 0 Å². The number of nitrogens with two attached hydrogens (primary N) is 1. The van der Waals surface area contributed by atoms with Gasteiger partial charge in [-0.05, 0) is 6.07 Å². The van der Waals surface area contributed by atoms with Crippen LogP contribution in [0.1, 0.15) is 10.4 Å². The Labute approximate surface area is 104 Å². The lowest BCUT2D eigenvalue weighted by atomic mass is 10.3. The number of carbonyl (C=O) groups excluding carboxylic acids is 1. The van der Waals surface area contributed by atoms with Crippen LogP contribution < -0.4 is 15.8 Å². The van der Waals surface area contributed by atoms with Gasteiger partial charge in [-0.2, -0.15) is 5.10 Å². The zero-order chi connectivity index (χ0) is 13.1. The van der Waals surface area contributed by atoms with Gasteiger partial charge in [-0.15, -0.1) is 0 Å². The summed E-state index contributed by atoms with van der Waals surface area (Å²) in [5.74, 6) is 0.468. The fourth-order valence-corrected chi connectivity index (χ4v) is 1.40. The lowest BCUT2D eigenvalue weighted by molar-refractivity contribution is 0.102. The third-order valence-electron chi connectivity index (χ3n) is 2.43. The number of hydrogen-bond acceptors (Lipinski definition) is 5. The maximum absolute atomic E-state index is 11.9. The minimum atomic E-state index is -0.326. The molecule has 0 radical (unpaired) electrons. The van der Waals surface area contributed by atoms with E-state index < -0.39 is 0 Å². The summed E-state index contributed by atoms with van der Waals surface area (Å²) in [4.78, 5) is 15.9. The Morgan fingerprint density at radius 3 is 2.72 bits per heavy atom. The van der Waals surface area contributed by atoms with Crippen LogP contribution in [0.3, 0.4) is 0 Å². The largest absolute Gasteiger partial charge is 0.481 e. The third-order valence-corrected chi connectivity index (χ3v) is 2.43. The number of methoxy groups -OCH3 is 1. The molecule has 2 heterocycles. The summed E-state index contributed by atoms with van der Waals surface area (Å²) >= 11 is 0. The van der Waals surface area contributed by atoms with Crippen molar-refractivity contribution in [1.29, 1.82) is 0 Å². The van der Waals surface area contributed by atoms with Gasteiger partial charge in [0.15, 0.2) is 0 Å². The van der Waals surface area contributed by atoms with E-state index in [9.17, 15) is 4.79 Å². The second-order valence-corrected chi connectivity index (χ2v) is 3.61. The van der Waals surface area contributed by atoms with Crippen molar-refractivity contribution < 1.29 is 9.53 Å². The molecule has 18 heavy (non-hydrogen) atoms. The molecular weight excluding hydrogens is 234 g/mol. The van der Waals surface area contributed by atoms with Gasteiger partial charge in [0.25, 0.3) is 5.91 Å². The average Bonchev–Trinajstić information content (AvgIpc) is 2.71. The number of hydrogen-bond donors (Lipinski definition) is 2. The van der Waals surface area contributed by atoms with Crippen LogP contribution in [0.4, 0.5) is 11.5 Å². The van der Waals surface area contributed by atoms with Crippen molar-refractivity contribution in [2.45, 2.75) is 0 Å². The molecule has 0 saturated carbocycles. The highest BCUT2D eigenvalue weighted by atomic mass is 16.5. The zero-order valence-electron chi connectivity index (χ0n) is 10.0. The predicted octanol–water partition coefficient (Wildman–Crippen LogP) is 0.658. The van der Waals surface area contributed by atoms with Gasteiger partial charge < -0.3 is 15.8 Å². The second-order valence-electron chi connectivity index (χ2n) is 3.61. The quantitative estimate of drug-likeness (QED) is 0.830. The summed E-state index contributed by atoms with van der Waals surface area (Å²) in [7, 11) is 3.19. The van der Waals surface area contributed by atoms with E-state index in [0.29, 0.717) is 22.9 Å². The number of aromatic nitrogens is 3. The number of ether oxygens (including phenoxy) is 1. The number of nitrogens with zero attached hydrogens (tertiary/aromatic N) is 3. The van der Waals surface area contributed by atoms with E-state index in [1.165, 1.54) is 24.2 Å². The van der Waals surface area contributed by atoms with E-state index in [0.717, 1.165) is 0 Å². The topological polar surface area (TPSA) is 95.1 Å². The standard InChI is InChI=1S/C11H13N5O2/c1-16-10(12)8(6-14-16)11(17)15-7-3-4-9(18-2)13-5-7/h3-6H,12H2,1-2H3,(H,15,17). The molecule has 3 N–H and O–H groups in total. The van der Waals surface area contributed by atoms with Crippen molar-refractivity contribution in [3.05, 3.63) is 30.1 Å². The highest BCUT2D eigenvalue weighted by Gasteiger charge is 2.13. The fourth-order valence-electron chi connectivity index (χ4n) is 1.40. The molecule has 7 nitrogen and oxygen atoms in total. The van der Waals surface area contributed by atoms with Gasteiger partial charge in [-0.3, -0.25) is 9.48 Å². The molecule has 0 aliphatic rings. The molecule has 2 rings (SSSR count). The fraction of sp³-hybridized carbons (Fsp3) is 0.182. The second kappa shape index (κ2) is 4.74. The molecule has 0 aromatic carbocycles. The molecule has 2 aromatic rings. The van der Waals surface area contributed by atoms with E-state index in [-0.39, 0.29) is 5.91 Å². The molecule has 0 aliphatic heterocycles. The van der Waals surface area contributed by atoms with Crippen LogP contribution in [0.25, 0.3) is 0 Å². The number of nitrogen functional groups attached to an aromatic ring is 1. The first kappa shape index (κ1) is 11.9. The maximum Gasteiger partial charge on any atom is 0.261 e. The minimum absolute atomic E-state index is 0.314. The number of rotatable bonds is 3. The third kappa shape index (κ3) is 2.24. The predicted molar refractivity (Wildman–Crippen MR) is 66.4 cm³/mol. The zero-order valence-corrected chi connectivity index (χ0v) is 10.0. The normalized spacial score (nSPS) is 10.1. The lowest BCUT2D eigenvalue weighted by Gasteiger charge is -2.05. The van der Waals surface area contributed by atoms with Crippen molar-refractivity contribution in [2.24, 2.45) is 7.05 Å². The van der Waals surface area contributed by atoms with E-state index >= 15 is 0 Å². The Morgan fingerprint density at radius 2 is 2.22 bits per heavy atom. The monoisotopic (exact) mass is 247 g/mol. The van der Waals surface area contributed by atoms with E-state index in [1.54, 1.807) is 19.2 Å². The summed E-state index contributed by atoms with van der Waals surface area (Å²) in [6.45, 7) is 0. The van der Waals surface area contributed by atoms with Crippen molar-refractivity contribution in [3.8, 4) is 5.88 Å². The smallest absolute Gasteiger partial charge is 0.261 e. The molecule has 0 bridgehead atoms. The molecule has 0 spiro atoms. The van der Waals surface area contributed by atoms with Crippen LogP contribution in [-0.2, 0) is 7.05 Å². The maximum atomic E-state index is 11.9. The number of amides is 1. The van der Waals surface area contributed by atoms with Crippen LogP contribution in [0.15, 0.2) is 24.5 Å². The van der Waals surface area contributed by atoms with E-state index in [4.69, 9.17) is 10.5 Å². The lowest BCUT2D eigenvalue weighted by Crippen LogP contribution is -2.13. The van der Waals surface area contributed by atoms with Gasteiger partial charge in [-0.1, -0.05) is 0 Å². The van der Waals surface area contributed by atoms with Crippen molar-refractivity contribution in [1.82, 2.24) is 14.8 Å². The van der Waals surface area contributed by atoms with Gasteiger partial charge in [0.2, 0.25) is 5.88 Å². The number of nitrogens with one attached hydrogen (secondary N) is 1. The van der Waals surface area contributed by atoms with Gasteiger partial charge in [-0.25, -0.2) is 4.98 Å². The number of aryl methyl sites for hydroxylation is 1. The first-order chi connectivity index (χ1) is 8.61. The van der Waals surface area contributed by atoms with Gasteiger partial charge >= 0.3 is 0 Å². The van der Waals surface area contributed by atoms with Crippen LogP contribution >= 0.6 is 0 Å². The van der Waals surface area contributed by atoms with Gasteiger partial charge in [0.1, 0.15) is 11.4 Å². The number of carbonyl (C=O) groups is 1. The molecule has 2 aromatic heterocycles. The SMILES string of the molecule is COc1ccc(NC(=O)c2cnn(C)c2N)cn1. The van der Waals surface area contributed by atoms with Gasteiger partial charge in [0.05, 0.1) is 25.2 Å². The minimum Gasteiger partial charge on any atom is -0.481 e.